The van der Waals surface area contributed by atoms with Crippen molar-refractivity contribution < 1.29 is 19.1 Å². The van der Waals surface area contributed by atoms with Crippen LogP contribution in [0.1, 0.15) is 28.8 Å². The van der Waals surface area contributed by atoms with Crippen LogP contribution in [0.4, 0.5) is 5.69 Å². The SMILES string of the molecule is COc1cc(C=CC(=O)c2cccc(N3CCCC3=O)c2)ccc1OCC#N. The van der Waals surface area contributed by atoms with Crippen LogP contribution in [0.25, 0.3) is 6.08 Å². The molecular weight excluding hydrogens is 356 g/mol. The highest BCUT2D eigenvalue weighted by Gasteiger charge is 2.22. The number of nitrogens with zero attached hydrogens (tertiary/aromatic N) is 2. The van der Waals surface area contributed by atoms with E-state index in [2.05, 4.69) is 0 Å². The number of carbonyl (C=O) groups is 2. The molecule has 1 aliphatic rings. The highest BCUT2D eigenvalue weighted by atomic mass is 16.5. The Labute approximate surface area is 163 Å². The number of anilines is 1. The molecule has 2 aromatic rings. The number of benzene rings is 2. The summed E-state index contributed by atoms with van der Waals surface area (Å²) in [6, 6.07) is 14.2. The molecule has 0 unspecified atom stereocenters. The number of nitriles is 1. The van der Waals surface area contributed by atoms with Crippen molar-refractivity contribution in [1.82, 2.24) is 0 Å². The monoisotopic (exact) mass is 376 g/mol. The van der Waals surface area contributed by atoms with Gasteiger partial charge in [0.15, 0.2) is 23.9 Å². The van der Waals surface area contributed by atoms with Gasteiger partial charge in [0.25, 0.3) is 0 Å². The van der Waals surface area contributed by atoms with E-state index in [4.69, 9.17) is 14.7 Å². The van der Waals surface area contributed by atoms with E-state index in [-0.39, 0.29) is 18.3 Å². The third kappa shape index (κ3) is 4.38. The van der Waals surface area contributed by atoms with Crippen LogP contribution in [0.15, 0.2) is 48.5 Å². The van der Waals surface area contributed by atoms with Crippen LogP contribution >= 0.6 is 0 Å². The zero-order valence-electron chi connectivity index (χ0n) is 15.6. The summed E-state index contributed by atoms with van der Waals surface area (Å²) >= 11 is 0. The Hall–Kier alpha value is -3.59. The Morgan fingerprint density at radius 1 is 1.25 bits per heavy atom. The summed E-state index contributed by atoms with van der Waals surface area (Å²) in [6.07, 6.45) is 4.56. The third-order valence-corrected chi connectivity index (χ3v) is 4.42. The molecular formula is C22H20N2O4. The van der Waals surface area contributed by atoms with Gasteiger partial charge in [0.1, 0.15) is 6.07 Å². The van der Waals surface area contributed by atoms with Gasteiger partial charge in [0, 0.05) is 24.2 Å². The normalized spacial score (nSPS) is 13.6. The summed E-state index contributed by atoms with van der Waals surface area (Å²) in [4.78, 5) is 26.2. The molecule has 1 aliphatic heterocycles. The second-order valence-electron chi connectivity index (χ2n) is 6.25. The van der Waals surface area contributed by atoms with Gasteiger partial charge in [-0.3, -0.25) is 9.59 Å². The van der Waals surface area contributed by atoms with Crippen molar-refractivity contribution >= 4 is 23.5 Å². The first-order chi connectivity index (χ1) is 13.6. The van der Waals surface area contributed by atoms with Gasteiger partial charge in [0.05, 0.1) is 7.11 Å². The van der Waals surface area contributed by atoms with Crippen molar-refractivity contribution in [2.24, 2.45) is 0 Å². The molecule has 0 aliphatic carbocycles. The van der Waals surface area contributed by atoms with Gasteiger partial charge in [-0.2, -0.15) is 5.26 Å². The lowest BCUT2D eigenvalue weighted by molar-refractivity contribution is -0.117. The molecule has 6 heteroatoms. The largest absolute Gasteiger partial charge is 0.493 e. The van der Waals surface area contributed by atoms with Crippen molar-refractivity contribution in [3.8, 4) is 17.6 Å². The van der Waals surface area contributed by atoms with Crippen molar-refractivity contribution in [2.45, 2.75) is 12.8 Å². The van der Waals surface area contributed by atoms with Gasteiger partial charge >= 0.3 is 0 Å². The second kappa shape index (κ2) is 8.87. The first-order valence-electron chi connectivity index (χ1n) is 8.93. The van der Waals surface area contributed by atoms with Crippen molar-refractivity contribution in [3.63, 3.8) is 0 Å². The molecule has 1 amide bonds. The molecule has 0 N–H and O–H groups in total. The van der Waals surface area contributed by atoms with Crippen LogP contribution in [-0.4, -0.2) is 32.0 Å². The standard InChI is InChI=1S/C22H20N2O4/c1-27-21-14-16(8-10-20(21)28-13-11-23)7-9-19(25)17-4-2-5-18(15-17)24-12-3-6-22(24)26/h2,4-5,7-10,14-15H,3,6,12-13H2,1H3. The summed E-state index contributed by atoms with van der Waals surface area (Å²) in [5.41, 5.74) is 2.04. The van der Waals surface area contributed by atoms with Crippen LogP contribution in [0.2, 0.25) is 0 Å². The van der Waals surface area contributed by atoms with E-state index < -0.39 is 0 Å². The molecule has 142 valence electrons. The minimum absolute atomic E-state index is 0.0696. The molecule has 28 heavy (non-hydrogen) atoms. The third-order valence-electron chi connectivity index (χ3n) is 4.42. The molecule has 1 saturated heterocycles. The number of amides is 1. The lowest BCUT2D eigenvalue weighted by Gasteiger charge is -2.16. The molecule has 0 bridgehead atoms. The molecule has 1 fully saturated rings. The Morgan fingerprint density at radius 2 is 2.11 bits per heavy atom. The predicted octanol–water partition coefficient (Wildman–Crippen LogP) is 3.62. The average Bonchev–Trinajstić information content (AvgIpc) is 3.16. The lowest BCUT2D eigenvalue weighted by Crippen LogP contribution is -2.23. The highest BCUT2D eigenvalue weighted by Crippen LogP contribution is 2.28. The zero-order valence-corrected chi connectivity index (χ0v) is 15.6. The quantitative estimate of drug-likeness (QED) is 0.545. The van der Waals surface area contributed by atoms with E-state index in [1.54, 1.807) is 47.4 Å². The first-order valence-corrected chi connectivity index (χ1v) is 8.93. The van der Waals surface area contributed by atoms with E-state index in [0.29, 0.717) is 30.0 Å². The Morgan fingerprint density at radius 3 is 2.82 bits per heavy atom. The molecule has 0 aromatic heterocycles. The maximum absolute atomic E-state index is 12.5. The average molecular weight is 376 g/mol. The van der Waals surface area contributed by atoms with Gasteiger partial charge in [-0.05, 0) is 42.3 Å². The fraction of sp³-hybridized carbons (Fsp3) is 0.227. The van der Waals surface area contributed by atoms with Gasteiger partial charge in [-0.1, -0.05) is 24.3 Å². The van der Waals surface area contributed by atoms with Gasteiger partial charge < -0.3 is 14.4 Å². The molecule has 0 atom stereocenters. The highest BCUT2D eigenvalue weighted by molar-refractivity contribution is 6.08. The van der Waals surface area contributed by atoms with E-state index in [1.807, 2.05) is 12.1 Å². The Balaban J connectivity index is 1.75. The maximum Gasteiger partial charge on any atom is 0.227 e. The Kier molecular flexibility index (Phi) is 6.07. The Bertz CT molecular complexity index is 959. The predicted molar refractivity (Wildman–Crippen MR) is 105 cm³/mol. The molecule has 1 heterocycles. The van der Waals surface area contributed by atoms with E-state index in [0.717, 1.165) is 17.7 Å². The molecule has 2 aromatic carbocycles. The number of ketones is 1. The van der Waals surface area contributed by atoms with Crippen molar-refractivity contribution in [3.05, 3.63) is 59.7 Å². The molecule has 6 nitrogen and oxygen atoms in total. The van der Waals surface area contributed by atoms with Crippen LogP contribution in [0.3, 0.4) is 0 Å². The molecule has 0 spiro atoms. The number of allylic oxidation sites excluding steroid dienone is 1. The van der Waals surface area contributed by atoms with Crippen LogP contribution in [0, 0.1) is 11.3 Å². The smallest absolute Gasteiger partial charge is 0.227 e. The number of ether oxygens (including phenoxy) is 2. The minimum Gasteiger partial charge on any atom is -0.493 e. The molecule has 0 saturated carbocycles. The van der Waals surface area contributed by atoms with Crippen LogP contribution in [-0.2, 0) is 4.79 Å². The number of rotatable bonds is 7. The topological polar surface area (TPSA) is 79.6 Å². The first kappa shape index (κ1) is 19.2. The molecule has 0 radical (unpaired) electrons. The number of hydrogen-bond donors (Lipinski definition) is 0. The fourth-order valence-electron chi connectivity index (χ4n) is 3.03. The molecule has 3 rings (SSSR count). The van der Waals surface area contributed by atoms with Gasteiger partial charge in [-0.15, -0.1) is 0 Å². The zero-order chi connectivity index (χ0) is 19.9. The summed E-state index contributed by atoms with van der Waals surface area (Å²) in [6.45, 7) is 0.617. The van der Waals surface area contributed by atoms with Crippen molar-refractivity contribution in [2.75, 3.05) is 25.2 Å². The summed E-state index contributed by atoms with van der Waals surface area (Å²) in [5, 5.41) is 8.62. The minimum atomic E-state index is -0.155. The second-order valence-corrected chi connectivity index (χ2v) is 6.25. The summed E-state index contributed by atoms with van der Waals surface area (Å²) in [7, 11) is 1.51. The van der Waals surface area contributed by atoms with Crippen LogP contribution in [0.5, 0.6) is 11.5 Å². The lowest BCUT2D eigenvalue weighted by atomic mass is 10.1. The number of hydrogen-bond acceptors (Lipinski definition) is 5. The fourth-order valence-corrected chi connectivity index (χ4v) is 3.03. The van der Waals surface area contributed by atoms with Crippen molar-refractivity contribution in [1.29, 1.82) is 5.26 Å². The maximum atomic E-state index is 12.5. The van der Waals surface area contributed by atoms with Gasteiger partial charge in [0.2, 0.25) is 5.91 Å². The van der Waals surface area contributed by atoms with Gasteiger partial charge in [-0.25, -0.2) is 0 Å². The number of carbonyl (C=O) groups excluding carboxylic acids is 2. The number of methoxy groups -OCH3 is 1. The van der Waals surface area contributed by atoms with E-state index in [1.165, 1.54) is 13.2 Å². The summed E-state index contributed by atoms with van der Waals surface area (Å²) < 4.78 is 10.6. The summed E-state index contributed by atoms with van der Waals surface area (Å²) in [5.74, 6) is 0.887. The van der Waals surface area contributed by atoms with Crippen LogP contribution < -0.4 is 14.4 Å². The van der Waals surface area contributed by atoms with E-state index >= 15 is 0 Å². The van der Waals surface area contributed by atoms with E-state index in [9.17, 15) is 9.59 Å².